The maximum atomic E-state index is 12.8. The van der Waals surface area contributed by atoms with Crippen LogP contribution < -0.4 is 5.32 Å². The smallest absolute Gasteiger partial charge is 0.354 e. The second-order valence-electron chi connectivity index (χ2n) is 4.69. The maximum absolute atomic E-state index is 12.8. The molecule has 22 heavy (non-hydrogen) atoms. The Bertz CT molecular complexity index is 831. The Labute approximate surface area is 129 Å². The van der Waals surface area contributed by atoms with Gasteiger partial charge in [0.15, 0.2) is 0 Å². The minimum atomic E-state index is -4.39. The maximum Gasteiger partial charge on any atom is 0.416 e. The van der Waals surface area contributed by atoms with E-state index in [-0.39, 0.29) is 5.52 Å². The fourth-order valence-electron chi connectivity index (χ4n) is 2.14. The Morgan fingerprint density at radius 3 is 2.45 bits per heavy atom. The van der Waals surface area contributed by atoms with Gasteiger partial charge in [0.1, 0.15) is 0 Å². The lowest BCUT2D eigenvalue weighted by Crippen LogP contribution is -2.04. The van der Waals surface area contributed by atoms with E-state index in [0.717, 1.165) is 12.1 Å². The first-order valence-corrected chi connectivity index (χ1v) is 6.80. The van der Waals surface area contributed by atoms with Crippen molar-refractivity contribution in [2.45, 2.75) is 6.18 Å². The number of aromatic nitrogens is 1. The van der Waals surface area contributed by atoms with Crippen LogP contribution in [0.2, 0.25) is 5.02 Å². The first-order valence-electron chi connectivity index (χ1n) is 6.43. The zero-order valence-corrected chi connectivity index (χ0v) is 11.9. The number of hydrogen-bond acceptors (Lipinski definition) is 2. The number of benzene rings is 2. The Balaban J connectivity index is 2.06. The molecule has 0 aliphatic rings. The third kappa shape index (κ3) is 2.85. The minimum Gasteiger partial charge on any atom is -0.354 e. The van der Waals surface area contributed by atoms with Crippen molar-refractivity contribution in [3.8, 4) is 0 Å². The van der Waals surface area contributed by atoms with Gasteiger partial charge in [-0.15, -0.1) is 0 Å². The van der Waals surface area contributed by atoms with Crippen molar-refractivity contribution >= 4 is 33.9 Å². The van der Waals surface area contributed by atoms with E-state index in [4.69, 9.17) is 11.6 Å². The predicted molar refractivity (Wildman–Crippen MR) is 81.5 cm³/mol. The second kappa shape index (κ2) is 5.50. The van der Waals surface area contributed by atoms with Gasteiger partial charge in [0.05, 0.1) is 21.8 Å². The Morgan fingerprint density at radius 2 is 1.73 bits per heavy atom. The molecule has 2 aromatic carbocycles. The molecule has 1 aromatic heterocycles. The summed E-state index contributed by atoms with van der Waals surface area (Å²) in [5, 5.41) is 4.24. The average Bonchev–Trinajstić information content (AvgIpc) is 2.48. The summed E-state index contributed by atoms with van der Waals surface area (Å²) in [7, 11) is 0. The van der Waals surface area contributed by atoms with Crippen LogP contribution >= 0.6 is 11.6 Å². The third-order valence-corrected chi connectivity index (χ3v) is 3.54. The van der Waals surface area contributed by atoms with Crippen molar-refractivity contribution in [3.63, 3.8) is 0 Å². The van der Waals surface area contributed by atoms with Crippen LogP contribution in [0.3, 0.4) is 0 Å². The summed E-state index contributed by atoms with van der Waals surface area (Å²) >= 11 is 6.08. The van der Waals surface area contributed by atoms with E-state index in [0.29, 0.717) is 21.8 Å². The van der Waals surface area contributed by atoms with Crippen LogP contribution in [-0.2, 0) is 6.18 Å². The molecule has 0 unspecified atom stereocenters. The number of para-hydroxylation sites is 1. The quantitative estimate of drug-likeness (QED) is 0.659. The van der Waals surface area contributed by atoms with Crippen LogP contribution in [0.5, 0.6) is 0 Å². The number of hydrogen-bond donors (Lipinski definition) is 1. The molecule has 3 aromatic rings. The number of halogens is 4. The monoisotopic (exact) mass is 322 g/mol. The number of nitrogens with one attached hydrogen (secondary N) is 1. The van der Waals surface area contributed by atoms with Crippen LogP contribution in [0.1, 0.15) is 5.56 Å². The summed E-state index contributed by atoms with van der Waals surface area (Å²) < 4.78 is 38.3. The summed E-state index contributed by atoms with van der Waals surface area (Å²) in [4.78, 5) is 4.01. The Morgan fingerprint density at radius 1 is 0.955 bits per heavy atom. The van der Waals surface area contributed by atoms with Gasteiger partial charge in [-0.2, -0.15) is 13.2 Å². The summed E-state index contributed by atoms with van der Waals surface area (Å²) in [6, 6.07) is 12.3. The zero-order chi connectivity index (χ0) is 15.7. The molecule has 0 aliphatic carbocycles. The molecule has 1 N–H and O–H groups in total. The highest BCUT2D eigenvalue weighted by Crippen LogP contribution is 2.34. The van der Waals surface area contributed by atoms with Crippen molar-refractivity contribution < 1.29 is 13.2 Å². The summed E-state index contributed by atoms with van der Waals surface area (Å²) in [5.74, 6) is 0. The van der Waals surface area contributed by atoms with Gasteiger partial charge in [-0.3, -0.25) is 4.98 Å². The molecule has 0 fully saturated rings. The SMILES string of the molecule is FC(F)(F)c1ccc2c(Nc3ccccc3Cl)ccnc2c1. The van der Waals surface area contributed by atoms with Crippen LogP contribution in [0.15, 0.2) is 54.7 Å². The largest absolute Gasteiger partial charge is 0.416 e. The number of anilines is 2. The molecule has 0 bridgehead atoms. The normalized spacial score (nSPS) is 11.6. The molecule has 0 amide bonds. The average molecular weight is 323 g/mol. The number of nitrogens with zero attached hydrogens (tertiary/aromatic N) is 1. The molecule has 0 atom stereocenters. The van der Waals surface area contributed by atoms with Crippen molar-refractivity contribution in [3.05, 3.63) is 65.3 Å². The van der Waals surface area contributed by atoms with E-state index < -0.39 is 11.7 Å². The van der Waals surface area contributed by atoms with Gasteiger partial charge in [0.2, 0.25) is 0 Å². The summed E-state index contributed by atoms with van der Waals surface area (Å²) in [5.41, 5.74) is 0.873. The van der Waals surface area contributed by atoms with Crippen LogP contribution in [0.4, 0.5) is 24.5 Å². The van der Waals surface area contributed by atoms with E-state index in [1.807, 2.05) is 6.07 Å². The van der Waals surface area contributed by atoms with E-state index in [1.54, 1.807) is 24.3 Å². The number of rotatable bonds is 2. The van der Waals surface area contributed by atoms with E-state index in [1.165, 1.54) is 12.3 Å². The number of fused-ring (bicyclic) bond motifs is 1. The standard InChI is InChI=1S/C16H10ClF3N2/c17-12-3-1-2-4-14(12)22-13-7-8-21-15-9-10(16(18,19)20)5-6-11(13)15/h1-9H,(H,21,22). The van der Waals surface area contributed by atoms with Crippen LogP contribution in [-0.4, -0.2) is 4.98 Å². The molecule has 0 saturated carbocycles. The molecule has 3 rings (SSSR count). The molecule has 0 saturated heterocycles. The van der Waals surface area contributed by atoms with Gasteiger partial charge in [-0.05, 0) is 30.3 Å². The lowest BCUT2D eigenvalue weighted by molar-refractivity contribution is -0.137. The molecular formula is C16H10ClF3N2. The fourth-order valence-corrected chi connectivity index (χ4v) is 2.32. The molecule has 0 radical (unpaired) electrons. The molecule has 0 aliphatic heterocycles. The van der Waals surface area contributed by atoms with E-state index in [2.05, 4.69) is 10.3 Å². The van der Waals surface area contributed by atoms with Crippen molar-refractivity contribution in [2.75, 3.05) is 5.32 Å². The highest BCUT2D eigenvalue weighted by Gasteiger charge is 2.30. The van der Waals surface area contributed by atoms with Gasteiger partial charge in [-0.1, -0.05) is 29.8 Å². The van der Waals surface area contributed by atoms with E-state index >= 15 is 0 Å². The lowest BCUT2D eigenvalue weighted by atomic mass is 10.1. The first kappa shape index (κ1) is 14.7. The number of pyridine rings is 1. The van der Waals surface area contributed by atoms with Crippen molar-refractivity contribution in [1.29, 1.82) is 0 Å². The summed E-state index contributed by atoms with van der Waals surface area (Å²) in [6.45, 7) is 0. The van der Waals surface area contributed by atoms with Crippen molar-refractivity contribution in [1.82, 2.24) is 4.98 Å². The Kier molecular flexibility index (Phi) is 3.66. The lowest BCUT2D eigenvalue weighted by Gasteiger charge is -2.12. The first-order chi connectivity index (χ1) is 10.4. The summed E-state index contributed by atoms with van der Waals surface area (Å²) in [6.07, 6.45) is -2.93. The molecule has 0 spiro atoms. The number of alkyl halides is 3. The third-order valence-electron chi connectivity index (χ3n) is 3.21. The molecule has 6 heteroatoms. The second-order valence-corrected chi connectivity index (χ2v) is 5.10. The van der Waals surface area contributed by atoms with Gasteiger partial charge in [-0.25, -0.2) is 0 Å². The Hall–Kier alpha value is -2.27. The topological polar surface area (TPSA) is 24.9 Å². The van der Waals surface area contributed by atoms with E-state index in [9.17, 15) is 13.2 Å². The van der Waals surface area contributed by atoms with Gasteiger partial charge >= 0.3 is 6.18 Å². The van der Waals surface area contributed by atoms with Gasteiger partial charge < -0.3 is 5.32 Å². The zero-order valence-electron chi connectivity index (χ0n) is 11.2. The van der Waals surface area contributed by atoms with Crippen LogP contribution in [0.25, 0.3) is 10.9 Å². The van der Waals surface area contributed by atoms with Crippen molar-refractivity contribution in [2.24, 2.45) is 0 Å². The molecular weight excluding hydrogens is 313 g/mol. The molecule has 112 valence electrons. The minimum absolute atomic E-state index is 0.270. The van der Waals surface area contributed by atoms with Crippen LogP contribution in [0, 0.1) is 0 Å². The highest BCUT2D eigenvalue weighted by molar-refractivity contribution is 6.33. The molecule has 2 nitrogen and oxygen atoms in total. The van der Waals surface area contributed by atoms with Gasteiger partial charge in [0, 0.05) is 17.3 Å². The van der Waals surface area contributed by atoms with Gasteiger partial charge in [0.25, 0.3) is 0 Å². The highest BCUT2D eigenvalue weighted by atomic mass is 35.5. The fraction of sp³-hybridized carbons (Fsp3) is 0.0625. The molecule has 1 heterocycles. The predicted octanol–water partition coefficient (Wildman–Crippen LogP) is 5.65.